The van der Waals surface area contributed by atoms with Crippen LogP contribution in [0.4, 0.5) is 0 Å². The van der Waals surface area contributed by atoms with E-state index < -0.39 is 96.2 Å². The van der Waals surface area contributed by atoms with Gasteiger partial charge in [-0.1, -0.05) is 90.1 Å². The monoisotopic (exact) mass is 1080 g/mol. The van der Waals surface area contributed by atoms with E-state index in [0.717, 1.165) is 52.2 Å². The van der Waals surface area contributed by atoms with Gasteiger partial charge in [0.25, 0.3) is 17.7 Å². The summed E-state index contributed by atoms with van der Waals surface area (Å²) in [6.45, 7) is 16.1. The molecule has 1 unspecified atom stereocenters. The van der Waals surface area contributed by atoms with E-state index >= 15 is 0 Å². The Labute approximate surface area is 455 Å². The summed E-state index contributed by atoms with van der Waals surface area (Å²) in [5, 5.41) is 12.4. The van der Waals surface area contributed by atoms with Crippen molar-refractivity contribution in [3.63, 3.8) is 0 Å². The summed E-state index contributed by atoms with van der Waals surface area (Å²) >= 11 is 0. The first-order chi connectivity index (χ1) is 36.5. The molecule has 0 spiro atoms. The second-order valence-corrected chi connectivity index (χ2v) is 21.3. The van der Waals surface area contributed by atoms with Gasteiger partial charge in [0.15, 0.2) is 24.4 Å². The second kappa shape index (κ2) is 30.9. The zero-order chi connectivity index (χ0) is 57.1. The van der Waals surface area contributed by atoms with Crippen molar-refractivity contribution in [2.45, 2.75) is 180 Å². The summed E-state index contributed by atoms with van der Waals surface area (Å²) in [5.41, 5.74) is 3.64. The topological polar surface area (TPSA) is 234 Å². The summed E-state index contributed by atoms with van der Waals surface area (Å²) < 4.78 is 34.1. The Hall–Kier alpha value is -5.92. The lowest BCUT2D eigenvalue weighted by molar-refractivity contribution is -0.174. The normalized spacial score (nSPS) is 17.4. The molecule has 0 saturated carbocycles. The van der Waals surface area contributed by atoms with Gasteiger partial charge in [0.1, 0.15) is 24.2 Å². The number of carboxylic acid groups (broad SMARTS) is 1. The first kappa shape index (κ1) is 63.6. The van der Waals surface area contributed by atoms with Gasteiger partial charge in [0, 0.05) is 60.4 Å². The maximum absolute atomic E-state index is 14.6. The zero-order valence-corrected chi connectivity index (χ0v) is 47.5. The van der Waals surface area contributed by atoms with Crippen molar-refractivity contribution in [2.75, 3.05) is 54.6 Å². The number of carboxylic acids is 1. The molecule has 8 atom stereocenters. The number of ether oxygens (including phenoxy) is 6. The molecule has 0 aromatic heterocycles. The Balaban J connectivity index is 1.56. The maximum atomic E-state index is 14.6. The van der Waals surface area contributed by atoms with Crippen LogP contribution >= 0.6 is 0 Å². The van der Waals surface area contributed by atoms with Crippen LogP contribution in [0.1, 0.15) is 141 Å². The number of benzene rings is 2. The molecule has 2 N–H and O–H groups in total. The first-order valence-electron chi connectivity index (χ1n) is 27.4. The van der Waals surface area contributed by atoms with Gasteiger partial charge in [-0.15, -0.1) is 0 Å². The predicted octanol–water partition coefficient (Wildman–Crippen LogP) is 6.01. The smallest absolute Gasteiger partial charge is 0.344 e. The summed E-state index contributed by atoms with van der Waals surface area (Å²) in [5.74, 6) is -6.57. The van der Waals surface area contributed by atoms with E-state index in [1.54, 1.807) is 14.0 Å². The minimum absolute atomic E-state index is 0.0195. The van der Waals surface area contributed by atoms with Crippen molar-refractivity contribution in [3.05, 3.63) is 70.8 Å². The molecule has 428 valence electrons. The van der Waals surface area contributed by atoms with E-state index in [2.05, 4.69) is 5.32 Å². The molecular weight excluding hydrogens is 993 g/mol. The Morgan fingerprint density at radius 1 is 0.532 bits per heavy atom. The highest BCUT2D eigenvalue weighted by Crippen LogP contribution is 2.29. The van der Waals surface area contributed by atoms with E-state index in [1.807, 2.05) is 83.1 Å². The largest absolute Gasteiger partial charge is 0.479 e. The van der Waals surface area contributed by atoms with Crippen molar-refractivity contribution in [3.8, 4) is 0 Å². The molecule has 77 heavy (non-hydrogen) atoms. The van der Waals surface area contributed by atoms with E-state index in [4.69, 9.17) is 28.4 Å². The van der Waals surface area contributed by atoms with Crippen LogP contribution in [-0.4, -0.2) is 171 Å². The van der Waals surface area contributed by atoms with Crippen molar-refractivity contribution < 1.29 is 71.9 Å². The fourth-order valence-corrected chi connectivity index (χ4v) is 9.76. The number of rotatable bonds is 28. The lowest BCUT2D eigenvalue weighted by Crippen LogP contribution is -2.53. The quantitative estimate of drug-likeness (QED) is 0.0733. The molecule has 2 aliphatic rings. The van der Waals surface area contributed by atoms with Crippen molar-refractivity contribution in [1.82, 2.24) is 20.0 Å². The molecular formula is C58H86N4O15. The fourth-order valence-electron chi connectivity index (χ4n) is 9.76. The van der Waals surface area contributed by atoms with Gasteiger partial charge in [0.05, 0.1) is 0 Å². The first-order valence-corrected chi connectivity index (χ1v) is 27.4. The van der Waals surface area contributed by atoms with Crippen molar-refractivity contribution in [2.24, 2.45) is 11.8 Å². The van der Waals surface area contributed by atoms with Gasteiger partial charge >= 0.3 is 29.8 Å². The minimum Gasteiger partial charge on any atom is -0.479 e. The molecule has 0 bridgehead atoms. The Bertz CT molecular complexity index is 2260. The Morgan fingerprint density at radius 3 is 1.25 bits per heavy atom. The maximum Gasteiger partial charge on any atom is 0.344 e. The van der Waals surface area contributed by atoms with E-state index in [1.165, 1.54) is 39.9 Å². The van der Waals surface area contributed by atoms with Gasteiger partial charge in [-0.2, -0.15) is 0 Å². The molecule has 2 heterocycles. The second-order valence-electron chi connectivity index (χ2n) is 21.3. The number of hydrogen-bond donors (Lipinski definition) is 2. The van der Waals surface area contributed by atoms with Crippen LogP contribution in [0, 0.1) is 11.8 Å². The fraction of sp³-hybridized carbons (Fsp3) is 0.655. The Kier molecular flexibility index (Phi) is 25.5. The summed E-state index contributed by atoms with van der Waals surface area (Å²) in [6.07, 6.45) is -1.67. The lowest BCUT2D eigenvalue weighted by Gasteiger charge is -2.34. The van der Waals surface area contributed by atoms with Gasteiger partial charge < -0.3 is 53.5 Å². The SMILES string of the molecule is CC[C@H](NC)C(=O)O[C@H](Cc1ccc(C2CCOCC2)cc1)C(=O)N(C)[C@@H](CC(C)C)C(=O)O[C@H](C)C(=O)N(C)[C@@H](CC)C(=O)OC(Cc1ccc(C2CCOCC2)cc1)C(=O)N(C)[C@@H](CC(C)C)C(=O)O[C@H](C)C(=O)O. The van der Waals surface area contributed by atoms with E-state index in [9.17, 15) is 43.5 Å². The number of carbonyl (C=O) groups is 8. The van der Waals surface area contributed by atoms with E-state index in [0.29, 0.717) is 50.2 Å². The molecule has 19 heteroatoms. The van der Waals surface area contributed by atoms with E-state index in [-0.39, 0.29) is 43.9 Å². The van der Waals surface area contributed by atoms with Crippen LogP contribution in [0.5, 0.6) is 0 Å². The van der Waals surface area contributed by atoms with Crippen LogP contribution in [-0.2, 0) is 79.6 Å². The van der Waals surface area contributed by atoms with Crippen LogP contribution < -0.4 is 5.32 Å². The molecule has 19 nitrogen and oxygen atoms in total. The van der Waals surface area contributed by atoms with Crippen LogP contribution in [0.2, 0.25) is 0 Å². The molecule has 2 aromatic rings. The Morgan fingerprint density at radius 2 is 0.896 bits per heavy atom. The number of carbonyl (C=O) groups excluding carboxylic acids is 7. The van der Waals surface area contributed by atoms with Crippen LogP contribution in [0.3, 0.4) is 0 Å². The molecule has 0 radical (unpaired) electrons. The van der Waals surface area contributed by atoms with Gasteiger partial charge in [-0.25, -0.2) is 19.2 Å². The molecule has 0 aliphatic carbocycles. The lowest BCUT2D eigenvalue weighted by atomic mass is 9.90. The molecule has 2 fully saturated rings. The highest BCUT2D eigenvalue weighted by atomic mass is 16.6. The third-order valence-corrected chi connectivity index (χ3v) is 14.6. The number of likely N-dealkylation sites (N-methyl/N-ethyl adjacent to an activating group) is 4. The van der Waals surface area contributed by atoms with Crippen molar-refractivity contribution >= 4 is 47.6 Å². The predicted molar refractivity (Wildman–Crippen MR) is 286 cm³/mol. The average molecular weight is 1080 g/mol. The summed E-state index contributed by atoms with van der Waals surface area (Å²) in [4.78, 5) is 114. The van der Waals surface area contributed by atoms with Crippen LogP contribution in [0.25, 0.3) is 0 Å². The average Bonchev–Trinajstić information content (AvgIpc) is 3.41. The van der Waals surface area contributed by atoms with Crippen LogP contribution in [0.15, 0.2) is 48.5 Å². The number of nitrogens with one attached hydrogen (secondary N) is 1. The summed E-state index contributed by atoms with van der Waals surface area (Å²) in [7, 11) is 5.77. The third kappa shape index (κ3) is 18.6. The molecule has 4 rings (SSSR count). The minimum atomic E-state index is -1.51. The number of hydrogen-bond acceptors (Lipinski definition) is 15. The molecule has 2 saturated heterocycles. The zero-order valence-electron chi connectivity index (χ0n) is 47.5. The number of aliphatic carboxylic acids is 1. The number of esters is 4. The molecule has 2 aromatic carbocycles. The number of amides is 3. The standard InChI is InChI=1S/C58H86N4O15/c1-13-45(59-9)55(68)76-49(33-39-15-19-41(20-16-39)43-23-27-72-28-24-43)52(64)61(11)47(31-35(3)4)57(70)74-37(7)51(63)60(10)46(14-2)56(69)77-50(34-40-17-21-42(22-18-40)44-25-29-73-30-26-44)53(65)62(12)48(32-36(5)6)58(71)75-38(8)54(66)67/h15-22,35-38,43-50,59H,13-14,23-34H2,1-12H3,(H,66,67)/t37-,38-,45+,46+,47+,48+,49-,50?/m1/s1. The third-order valence-electron chi connectivity index (χ3n) is 14.6. The molecule has 3 amide bonds. The van der Waals surface area contributed by atoms with Crippen molar-refractivity contribution in [1.29, 1.82) is 0 Å². The number of nitrogens with zero attached hydrogens (tertiary/aromatic N) is 3. The summed E-state index contributed by atoms with van der Waals surface area (Å²) in [6, 6.07) is 11.1. The highest BCUT2D eigenvalue weighted by Gasteiger charge is 2.41. The van der Waals surface area contributed by atoms with Gasteiger partial charge in [0.2, 0.25) is 0 Å². The van der Waals surface area contributed by atoms with Gasteiger partial charge in [-0.05, 0) is 118 Å². The molecule has 2 aliphatic heterocycles. The highest BCUT2D eigenvalue weighted by molar-refractivity contribution is 5.93. The van der Waals surface area contributed by atoms with Gasteiger partial charge in [-0.3, -0.25) is 19.2 Å².